The van der Waals surface area contributed by atoms with Crippen molar-refractivity contribution in [3.8, 4) is 0 Å². The van der Waals surface area contributed by atoms with Gasteiger partial charge >= 0.3 is 0 Å². The molecule has 148 valence electrons. The first-order chi connectivity index (χ1) is 12.9. The summed E-state index contributed by atoms with van der Waals surface area (Å²) in [5.41, 5.74) is 3.50. The number of allylic oxidation sites excluding steroid dienone is 1. The van der Waals surface area contributed by atoms with Crippen LogP contribution in [0.15, 0.2) is 35.9 Å². The van der Waals surface area contributed by atoms with Crippen molar-refractivity contribution in [2.75, 3.05) is 24.2 Å². The van der Waals surface area contributed by atoms with Crippen LogP contribution < -0.4 is 4.90 Å². The summed E-state index contributed by atoms with van der Waals surface area (Å²) in [4.78, 5) is 14.7. The highest BCUT2D eigenvalue weighted by molar-refractivity contribution is 7.88. The van der Waals surface area contributed by atoms with E-state index in [0.29, 0.717) is 6.54 Å². The average Bonchev–Trinajstić information content (AvgIpc) is 2.97. The Bertz CT molecular complexity index is 816. The molecule has 1 atom stereocenters. The number of carbonyl (C=O) groups excluding carboxylic acids is 1. The molecule has 0 spiro atoms. The first-order valence-corrected chi connectivity index (χ1v) is 11.7. The maximum absolute atomic E-state index is 12.8. The van der Waals surface area contributed by atoms with Crippen molar-refractivity contribution in [3.05, 3.63) is 41.5 Å². The number of hydrogen-bond acceptors (Lipinski definition) is 3. The zero-order valence-corrected chi connectivity index (χ0v) is 17.2. The maximum Gasteiger partial charge on any atom is 0.228 e. The van der Waals surface area contributed by atoms with Crippen LogP contribution in [0.3, 0.4) is 0 Å². The van der Waals surface area contributed by atoms with Gasteiger partial charge in [0, 0.05) is 31.2 Å². The fourth-order valence-electron chi connectivity index (χ4n) is 4.13. The van der Waals surface area contributed by atoms with E-state index >= 15 is 0 Å². The van der Waals surface area contributed by atoms with Gasteiger partial charge < -0.3 is 4.90 Å². The molecule has 1 unspecified atom stereocenters. The average molecular weight is 391 g/mol. The summed E-state index contributed by atoms with van der Waals surface area (Å²) in [6, 6.07) is 8.08. The minimum absolute atomic E-state index is 0.00187. The Morgan fingerprint density at radius 2 is 2.00 bits per heavy atom. The first-order valence-electron chi connectivity index (χ1n) is 9.89. The molecule has 27 heavy (non-hydrogen) atoms. The number of rotatable bonds is 7. The fourth-order valence-corrected chi connectivity index (χ4v) is 4.98. The number of carbonyl (C=O) groups is 1. The lowest BCUT2D eigenvalue weighted by Crippen LogP contribution is -2.39. The molecule has 1 amide bonds. The van der Waals surface area contributed by atoms with Crippen LogP contribution in [0.25, 0.3) is 0 Å². The van der Waals surface area contributed by atoms with Crippen molar-refractivity contribution in [2.24, 2.45) is 0 Å². The second-order valence-electron chi connectivity index (χ2n) is 7.72. The molecule has 0 bridgehead atoms. The Labute approximate surface area is 163 Å². The lowest BCUT2D eigenvalue weighted by atomic mass is 9.97. The molecule has 1 aromatic carbocycles. The van der Waals surface area contributed by atoms with Crippen LogP contribution in [0, 0.1) is 0 Å². The van der Waals surface area contributed by atoms with Gasteiger partial charge in [0.15, 0.2) is 0 Å². The number of amides is 1. The molecule has 0 radical (unpaired) electrons. The van der Waals surface area contributed by atoms with Crippen molar-refractivity contribution in [1.82, 2.24) is 4.31 Å². The Morgan fingerprint density at radius 1 is 1.22 bits per heavy atom. The van der Waals surface area contributed by atoms with E-state index in [-0.39, 0.29) is 24.9 Å². The Balaban J connectivity index is 1.61. The highest BCUT2D eigenvalue weighted by atomic mass is 32.2. The summed E-state index contributed by atoms with van der Waals surface area (Å²) in [7, 11) is -3.32. The maximum atomic E-state index is 12.8. The molecule has 0 N–H and O–H groups in total. The van der Waals surface area contributed by atoms with E-state index in [1.54, 1.807) is 0 Å². The third kappa shape index (κ3) is 4.99. The van der Waals surface area contributed by atoms with Gasteiger partial charge in [-0.2, -0.15) is 0 Å². The van der Waals surface area contributed by atoms with Crippen molar-refractivity contribution < 1.29 is 13.2 Å². The van der Waals surface area contributed by atoms with E-state index < -0.39 is 10.0 Å². The number of nitrogens with zero attached hydrogens (tertiary/aromatic N) is 2. The molecular weight excluding hydrogens is 360 g/mol. The van der Waals surface area contributed by atoms with E-state index in [9.17, 15) is 13.2 Å². The Morgan fingerprint density at radius 3 is 2.70 bits per heavy atom. The quantitative estimate of drug-likeness (QED) is 0.670. The SMILES string of the molecule is CC1Cc2ccccc2N1C(=O)CCN(CCC1=CCCCC1)S(C)(=O)=O. The van der Waals surface area contributed by atoms with Gasteiger partial charge in [-0.1, -0.05) is 29.8 Å². The Hall–Kier alpha value is -1.66. The summed E-state index contributed by atoms with van der Waals surface area (Å²) in [6.07, 6.45) is 9.90. The van der Waals surface area contributed by atoms with Gasteiger partial charge in [0.1, 0.15) is 0 Å². The van der Waals surface area contributed by atoms with Gasteiger partial charge in [-0.25, -0.2) is 12.7 Å². The predicted molar refractivity (Wildman–Crippen MR) is 109 cm³/mol. The first kappa shape index (κ1) is 20.1. The Kier molecular flexibility index (Phi) is 6.37. The summed E-state index contributed by atoms with van der Waals surface area (Å²) >= 11 is 0. The van der Waals surface area contributed by atoms with Crippen LogP contribution in [0.2, 0.25) is 0 Å². The van der Waals surface area contributed by atoms with Crippen LogP contribution in [0.4, 0.5) is 5.69 Å². The van der Waals surface area contributed by atoms with E-state index in [1.807, 2.05) is 30.0 Å². The van der Waals surface area contributed by atoms with Crippen molar-refractivity contribution in [3.63, 3.8) is 0 Å². The second-order valence-corrected chi connectivity index (χ2v) is 9.70. The minimum Gasteiger partial charge on any atom is -0.309 e. The molecule has 0 saturated heterocycles. The van der Waals surface area contributed by atoms with Crippen molar-refractivity contribution in [1.29, 1.82) is 0 Å². The topological polar surface area (TPSA) is 57.7 Å². The van der Waals surface area contributed by atoms with E-state index in [0.717, 1.165) is 31.4 Å². The normalized spacial score (nSPS) is 19.9. The summed E-state index contributed by atoms with van der Waals surface area (Å²) in [5.74, 6) is -0.00187. The molecule has 5 nitrogen and oxygen atoms in total. The lowest BCUT2D eigenvalue weighted by molar-refractivity contribution is -0.119. The van der Waals surface area contributed by atoms with Crippen molar-refractivity contribution in [2.45, 2.75) is 57.9 Å². The smallest absolute Gasteiger partial charge is 0.228 e. The third-order valence-corrected chi connectivity index (χ3v) is 6.89. The number of fused-ring (bicyclic) bond motifs is 1. The molecular formula is C21H30N2O3S. The third-order valence-electron chi connectivity index (χ3n) is 5.59. The fraction of sp³-hybridized carbons (Fsp3) is 0.571. The number of benzene rings is 1. The number of para-hydroxylation sites is 1. The molecule has 0 saturated carbocycles. The molecule has 3 rings (SSSR count). The van der Waals surface area contributed by atoms with Gasteiger partial charge in [-0.3, -0.25) is 4.79 Å². The van der Waals surface area contributed by atoms with E-state index in [2.05, 4.69) is 12.1 Å². The highest BCUT2D eigenvalue weighted by Gasteiger charge is 2.31. The number of hydrogen-bond donors (Lipinski definition) is 0. The van der Waals surface area contributed by atoms with Gasteiger partial charge in [-0.05, 0) is 57.1 Å². The largest absolute Gasteiger partial charge is 0.309 e. The van der Waals surface area contributed by atoms with Gasteiger partial charge in [-0.15, -0.1) is 0 Å². The van der Waals surface area contributed by atoms with Crippen LogP contribution in [0.1, 0.15) is 51.0 Å². The summed E-state index contributed by atoms with van der Waals surface area (Å²) in [6.45, 7) is 2.75. The molecule has 1 aromatic rings. The lowest BCUT2D eigenvalue weighted by Gasteiger charge is -2.25. The van der Waals surface area contributed by atoms with Crippen LogP contribution in [-0.2, 0) is 21.2 Å². The molecule has 1 heterocycles. The van der Waals surface area contributed by atoms with Gasteiger partial charge in [0.05, 0.1) is 6.26 Å². The molecule has 2 aliphatic rings. The molecule has 0 aromatic heterocycles. The number of anilines is 1. The molecule has 1 aliphatic carbocycles. The summed E-state index contributed by atoms with van der Waals surface area (Å²) in [5, 5.41) is 0. The number of sulfonamides is 1. The van der Waals surface area contributed by atoms with Crippen molar-refractivity contribution >= 4 is 21.6 Å². The van der Waals surface area contributed by atoms with E-state index in [1.165, 1.54) is 34.5 Å². The minimum atomic E-state index is -3.32. The van der Waals surface area contributed by atoms with Gasteiger partial charge in [0.2, 0.25) is 15.9 Å². The second kappa shape index (κ2) is 8.57. The standard InChI is InChI=1S/C21H30N2O3S/c1-17-16-19-10-6-7-11-20(19)23(17)21(24)13-15-22(27(2,25)26)14-12-18-8-4-3-5-9-18/h6-8,10-11,17H,3-5,9,12-16H2,1-2H3. The van der Waals surface area contributed by atoms with Crippen LogP contribution in [-0.4, -0.2) is 44.0 Å². The zero-order chi connectivity index (χ0) is 19.4. The molecule has 1 aliphatic heterocycles. The molecule has 6 heteroatoms. The summed E-state index contributed by atoms with van der Waals surface area (Å²) < 4.78 is 25.8. The predicted octanol–water partition coefficient (Wildman–Crippen LogP) is 3.51. The van der Waals surface area contributed by atoms with Gasteiger partial charge in [0.25, 0.3) is 0 Å². The molecule has 0 fully saturated rings. The van der Waals surface area contributed by atoms with Crippen LogP contribution >= 0.6 is 0 Å². The zero-order valence-electron chi connectivity index (χ0n) is 16.4. The highest BCUT2D eigenvalue weighted by Crippen LogP contribution is 2.32. The van der Waals surface area contributed by atoms with E-state index in [4.69, 9.17) is 0 Å². The van der Waals surface area contributed by atoms with Crippen LogP contribution in [0.5, 0.6) is 0 Å². The monoisotopic (exact) mass is 390 g/mol.